The van der Waals surface area contributed by atoms with E-state index in [-0.39, 0.29) is 17.9 Å². The van der Waals surface area contributed by atoms with Crippen molar-refractivity contribution in [2.75, 3.05) is 18.4 Å². The van der Waals surface area contributed by atoms with Gasteiger partial charge in [0.05, 0.1) is 0 Å². The van der Waals surface area contributed by atoms with E-state index in [9.17, 15) is 14.4 Å². The fourth-order valence-corrected chi connectivity index (χ4v) is 4.23. The smallest absolute Gasteiger partial charge is 0.312 e. The summed E-state index contributed by atoms with van der Waals surface area (Å²) in [6.45, 7) is 3.53. The molecule has 156 valence electrons. The zero-order chi connectivity index (χ0) is 21.1. The molecular formula is C24H27N3O3. The molecule has 0 aromatic heterocycles. The first kappa shape index (κ1) is 20.1. The van der Waals surface area contributed by atoms with Gasteiger partial charge in [0, 0.05) is 36.9 Å². The van der Waals surface area contributed by atoms with Gasteiger partial charge in [0.1, 0.15) is 0 Å². The number of aryl methyl sites for hydroxylation is 1. The Kier molecular flexibility index (Phi) is 5.84. The van der Waals surface area contributed by atoms with Crippen LogP contribution in [-0.2, 0) is 16.1 Å². The Morgan fingerprint density at radius 2 is 1.60 bits per heavy atom. The van der Waals surface area contributed by atoms with Crippen molar-refractivity contribution < 1.29 is 14.4 Å². The van der Waals surface area contributed by atoms with E-state index in [0.29, 0.717) is 25.2 Å². The Morgan fingerprint density at radius 3 is 2.27 bits per heavy atom. The summed E-state index contributed by atoms with van der Waals surface area (Å²) in [5, 5.41) is 2.88. The number of hydrogen-bond acceptors (Lipinski definition) is 3. The molecule has 1 heterocycles. The van der Waals surface area contributed by atoms with Crippen molar-refractivity contribution in [1.82, 2.24) is 9.80 Å². The second-order valence-corrected chi connectivity index (χ2v) is 8.18. The molecule has 2 fully saturated rings. The topological polar surface area (TPSA) is 69.7 Å². The number of carbonyl (C=O) groups excluding carboxylic acids is 3. The minimum atomic E-state index is -0.422. The summed E-state index contributed by atoms with van der Waals surface area (Å²) in [7, 11) is 0. The summed E-state index contributed by atoms with van der Waals surface area (Å²) < 4.78 is 0. The number of nitrogens with one attached hydrogen (secondary N) is 1. The number of anilines is 1. The number of piperazine rings is 1. The third-order valence-electron chi connectivity index (χ3n) is 6.01. The molecule has 1 saturated heterocycles. The van der Waals surface area contributed by atoms with E-state index in [1.165, 1.54) is 0 Å². The number of amides is 3. The standard InChI is InChI=1S/C24H27N3O3/c1-17-6-12-20(13-7-17)25-22(28)19-10-8-18(9-11-19)16-26-14-15-27(24(30)23(26)29)21-4-2-3-5-21/h6-13,21H,2-5,14-16H2,1H3,(H,25,28). The highest BCUT2D eigenvalue weighted by Gasteiger charge is 2.37. The van der Waals surface area contributed by atoms with E-state index < -0.39 is 5.91 Å². The molecule has 0 radical (unpaired) electrons. The molecule has 0 unspecified atom stereocenters. The molecule has 2 aliphatic rings. The SMILES string of the molecule is Cc1ccc(NC(=O)c2ccc(CN3CCN(C4CCCC4)C(=O)C3=O)cc2)cc1. The number of nitrogens with zero attached hydrogens (tertiary/aromatic N) is 2. The Morgan fingerprint density at radius 1 is 0.933 bits per heavy atom. The monoisotopic (exact) mass is 405 g/mol. The summed E-state index contributed by atoms with van der Waals surface area (Å²) in [6.07, 6.45) is 4.28. The first-order valence-corrected chi connectivity index (χ1v) is 10.6. The molecule has 1 aliphatic heterocycles. The minimum Gasteiger partial charge on any atom is -0.330 e. The van der Waals surface area contributed by atoms with Crippen LogP contribution in [-0.4, -0.2) is 46.7 Å². The van der Waals surface area contributed by atoms with Gasteiger partial charge in [-0.2, -0.15) is 0 Å². The van der Waals surface area contributed by atoms with Crippen LogP contribution in [0.4, 0.5) is 5.69 Å². The van der Waals surface area contributed by atoms with Crippen molar-refractivity contribution in [2.45, 2.75) is 45.2 Å². The van der Waals surface area contributed by atoms with Gasteiger partial charge in [0.15, 0.2) is 0 Å². The van der Waals surface area contributed by atoms with Crippen molar-refractivity contribution in [2.24, 2.45) is 0 Å². The van der Waals surface area contributed by atoms with Crippen LogP contribution < -0.4 is 5.32 Å². The van der Waals surface area contributed by atoms with Crippen LogP contribution in [0.15, 0.2) is 48.5 Å². The van der Waals surface area contributed by atoms with Gasteiger partial charge in [-0.15, -0.1) is 0 Å². The second kappa shape index (κ2) is 8.69. The van der Waals surface area contributed by atoms with Crippen molar-refractivity contribution in [3.63, 3.8) is 0 Å². The Balaban J connectivity index is 1.35. The molecule has 6 heteroatoms. The number of benzene rings is 2. The molecule has 0 spiro atoms. The Bertz CT molecular complexity index is 931. The Labute approximate surface area is 176 Å². The largest absolute Gasteiger partial charge is 0.330 e. The fourth-order valence-electron chi connectivity index (χ4n) is 4.23. The molecule has 1 N–H and O–H groups in total. The first-order chi connectivity index (χ1) is 14.5. The van der Waals surface area contributed by atoms with Crippen LogP contribution in [0.3, 0.4) is 0 Å². The van der Waals surface area contributed by atoms with Gasteiger partial charge in [0.2, 0.25) is 0 Å². The van der Waals surface area contributed by atoms with Gasteiger partial charge in [0.25, 0.3) is 5.91 Å². The van der Waals surface area contributed by atoms with E-state index in [1.807, 2.05) is 43.3 Å². The lowest BCUT2D eigenvalue weighted by atomic mass is 10.1. The third-order valence-corrected chi connectivity index (χ3v) is 6.01. The van der Waals surface area contributed by atoms with Gasteiger partial charge in [-0.1, -0.05) is 42.7 Å². The van der Waals surface area contributed by atoms with Crippen LogP contribution in [0.25, 0.3) is 0 Å². The molecule has 0 bridgehead atoms. The van der Waals surface area contributed by atoms with Crippen LogP contribution in [0, 0.1) is 6.92 Å². The normalized spacial score (nSPS) is 17.5. The van der Waals surface area contributed by atoms with E-state index in [2.05, 4.69) is 5.32 Å². The second-order valence-electron chi connectivity index (χ2n) is 8.18. The maximum atomic E-state index is 12.6. The fraction of sp³-hybridized carbons (Fsp3) is 0.375. The molecule has 3 amide bonds. The lowest BCUT2D eigenvalue weighted by Crippen LogP contribution is -2.56. The summed E-state index contributed by atoms with van der Waals surface area (Å²) >= 11 is 0. The van der Waals surface area contributed by atoms with Gasteiger partial charge in [-0.3, -0.25) is 14.4 Å². The summed E-state index contributed by atoms with van der Waals surface area (Å²) in [6, 6.07) is 15.0. The van der Waals surface area contributed by atoms with Crippen LogP contribution >= 0.6 is 0 Å². The molecule has 1 aliphatic carbocycles. The molecular weight excluding hydrogens is 378 g/mol. The zero-order valence-electron chi connectivity index (χ0n) is 17.3. The van der Waals surface area contributed by atoms with Crippen molar-refractivity contribution in [3.8, 4) is 0 Å². The van der Waals surface area contributed by atoms with Crippen molar-refractivity contribution in [1.29, 1.82) is 0 Å². The quantitative estimate of drug-likeness (QED) is 0.776. The molecule has 0 atom stereocenters. The lowest BCUT2D eigenvalue weighted by molar-refractivity contribution is -0.158. The lowest BCUT2D eigenvalue weighted by Gasteiger charge is -2.37. The number of rotatable bonds is 5. The highest BCUT2D eigenvalue weighted by atomic mass is 16.2. The highest BCUT2D eigenvalue weighted by Crippen LogP contribution is 2.25. The maximum absolute atomic E-state index is 12.6. The van der Waals surface area contributed by atoms with Gasteiger partial charge in [-0.25, -0.2) is 0 Å². The van der Waals surface area contributed by atoms with E-state index in [0.717, 1.165) is 42.5 Å². The number of carbonyl (C=O) groups is 3. The van der Waals surface area contributed by atoms with Crippen LogP contribution in [0.1, 0.15) is 47.2 Å². The number of hydrogen-bond donors (Lipinski definition) is 1. The van der Waals surface area contributed by atoms with Gasteiger partial charge >= 0.3 is 11.8 Å². The van der Waals surface area contributed by atoms with Crippen molar-refractivity contribution >= 4 is 23.4 Å². The molecule has 6 nitrogen and oxygen atoms in total. The zero-order valence-corrected chi connectivity index (χ0v) is 17.3. The van der Waals surface area contributed by atoms with Gasteiger partial charge in [-0.05, 0) is 49.6 Å². The predicted octanol–water partition coefficient (Wildman–Crippen LogP) is 3.36. The molecule has 1 saturated carbocycles. The van der Waals surface area contributed by atoms with Gasteiger partial charge < -0.3 is 15.1 Å². The summed E-state index contributed by atoms with van der Waals surface area (Å²) in [5.41, 5.74) is 3.33. The third kappa shape index (κ3) is 4.37. The average Bonchev–Trinajstić information content (AvgIpc) is 3.28. The summed E-state index contributed by atoms with van der Waals surface area (Å²) in [5.74, 6) is -0.974. The molecule has 30 heavy (non-hydrogen) atoms. The van der Waals surface area contributed by atoms with Crippen molar-refractivity contribution in [3.05, 3.63) is 65.2 Å². The van der Waals surface area contributed by atoms with Crippen LogP contribution in [0.5, 0.6) is 0 Å². The molecule has 2 aromatic rings. The minimum absolute atomic E-state index is 0.179. The maximum Gasteiger partial charge on any atom is 0.312 e. The highest BCUT2D eigenvalue weighted by molar-refractivity contribution is 6.35. The van der Waals surface area contributed by atoms with E-state index >= 15 is 0 Å². The predicted molar refractivity (Wildman–Crippen MR) is 115 cm³/mol. The Hall–Kier alpha value is -3.15. The average molecular weight is 405 g/mol. The molecule has 2 aromatic carbocycles. The summed E-state index contributed by atoms with van der Waals surface area (Å²) in [4.78, 5) is 40.9. The molecule has 4 rings (SSSR count). The first-order valence-electron chi connectivity index (χ1n) is 10.6. The van der Waals surface area contributed by atoms with Crippen LogP contribution in [0.2, 0.25) is 0 Å². The van der Waals surface area contributed by atoms with E-state index in [4.69, 9.17) is 0 Å². The van der Waals surface area contributed by atoms with E-state index in [1.54, 1.807) is 21.9 Å².